The molecule has 1 aromatic carbocycles. The molecule has 0 amide bonds. The fourth-order valence-corrected chi connectivity index (χ4v) is 2.77. The summed E-state index contributed by atoms with van der Waals surface area (Å²) in [6.07, 6.45) is 1.54. The van der Waals surface area contributed by atoms with Gasteiger partial charge < -0.3 is 9.40 Å². The Hall–Kier alpha value is -1.41. The van der Waals surface area contributed by atoms with Crippen molar-refractivity contribution in [1.29, 1.82) is 0 Å². The Morgan fingerprint density at radius 2 is 1.95 bits per heavy atom. The second-order valence-corrected chi connectivity index (χ2v) is 5.97. The maximum absolute atomic E-state index is 12.1. The van der Waals surface area contributed by atoms with Gasteiger partial charge in [0.25, 0.3) is 5.56 Å². The first-order valence-electron chi connectivity index (χ1n) is 5.75. The Labute approximate surface area is 136 Å². The molecule has 0 aliphatic carbocycles. The van der Waals surface area contributed by atoms with E-state index in [9.17, 15) is 4.79 Å². The highest BCUT2D eigenvalue weighted by atomic mass is 127. The van der Waals surface area contributed by atoms with Crippen LogP contribution in [0.15, 0.2) is 56.3 Å². The second-order valence-electron chi connectivity index (χ2n) is 4.04. The highest BCUT2D eigenvalue weighted by Gasteiger charge is 2.15. The van der Waals surface area contributed by atoms with Crippen LogP contribution in [0.4, 0.5) is 0 Å². The normalized spacial score (nSPS) is 10.7. The van der Waals surface area contributed by atoms with E-state index in [1.807, 2.05) is 52.9 Å². The lowest BCUT2D eigenvalue weighted by Crippen LogP contribution is -2.14. The van der Waals surface area contributed by atoms with Crippen LogP contribution in [0.3, 0.4) is 0 Å². The van der Waals surface area contributed by atoms with Gasteiger partial charge in [-0.05, 0) is 44.6 Å². The number of benzene rings is 1. The minimum Gasteiger partial charge on any atom is -0.460 e. The van der Waals surface area contributed by atoms with E-state index in [1.54, 1.807) is 12.3 Å². The Kier molecular flexibility index (Phi) is 3.75. The predicted molar refractivity (Wildman–Crippen MR) is 88.4 cm³/mol. The number of aromatic nitrogens is 2. The van der Waals surface area contributed by atoms with Crippen LogP contribution < -0.4 is 5.56 Å². The standard InChI is InChI=1S/C14H8BrIN2O2/c15-9-6-7-20-12(9)13-17-11(10(16)14(19)18-13)8-4-2-1-3-5-8/h1-7H,(H,17,18,19). The Morgan fingerprint density at radius 1 is 1.20 bits per heavy atom. The van der Waals surface area contributed by atoms with Gasteiger partial charge >= 0.3 is 0 Å². The van der Waals surface area contributed by atoms with Gasteiger partial charge in [-0.3, -0.25) is 4.79 Å². The number of aromatic amines is 1. The molecule has 0 fully saturated rings. The summed E-state index contributed by atoms with van der Waals surface area (Å²) in [6, 6.07) is 11.4. The number of nitrogens with one attached hydrogen (secondary N) is 1. The number of rotatable bonds is 2. The van der Waals surface area contributed by atoms with Gasteiger partial charge in [0.15, 0.2) is 11.6 Å². The molecule has 0 spiro atoms. The third-order valence-corrected chi connectivity index (χ3v) is 4.37. The number of nitrogens with zero attached hydrogens (tertiary/aromatic N) is 1. The maximum atomic E-state index is 12.1. The third-order valence-electron chi connectivity index (χ3n) is 2.74. The molecule has 0 unspecified atom stereocenters. The lowest BCUT2D eigenvalue weighted by molar-refractivity contribution is 0.575. The molecule has 6 heteroatoms. The summed E-state index contributed by atoms with van der Waals surface area (Å²) in [6.45, 7) is 0. The highest BCUT2D eigenvalue weighted by molar-refractivity contribution is 14.1. The van der Waals surface area contributed by atoms with Crippen molar-refractivity contribution >= 4 is 38.5 Å². The molecule has 4 nitrogen and oxygen atoms in total. The molecule has 0 saturated carbocycles. The van der Waals surface area contributed by atoms with Gasteiger partial charge in [-0.15, -0.1) is 0 Å². The highest BCUT2D eigenvalue weighted by Crippen LogP contribution is 2.28. The van der Waals surface area contributed by atoms with Gasteiger partial charge in [0.2, 0.25) is 0 Å². The molecule has 2 heterocycles. The average molecular weight is 443 g/mol. The van der Waals surface area contributed by atoms with E-state index in [0.29, 0.717) is 20.8 Å². The molecule has 0 aliphatic heterocycles. The molecule has 1 N–H and O–H groups in total. The molecule has 0 radical (unpaired) electrons. The molecular weight excluding hydrogens is 435 g/mol. The molecule has 3 aromatic rings. The minimum atomic E-state index is -0.183. The summed E-state index contributed by atoms with van der Waals surface area (Å²) in [7, 11) is 0. The van der Waals surface area contributed by atoms with E-state index in [2.05, 4.69) is 25.9 Å². The molecule has 0 bridgehead atoms. The lowest BCUT2D eigenvalue weighted by atomic mass is 10.1. The molecule has 100 valence electrons. The number of H-pyrrole nitrogens is 1. The minimum absolute atomic E-state index is 0.183. The van der Waals surface area contributed by atoms with Gasteiger partial charge in [-0.25, -0.2) is 4.98 Å². The molecular formula is C14H8BrIN2O2. The van der Waals surface area contributed by atoms with Crippen molar-refractivity contribution < 1.29 is 4.42 Å². The first-order valence-corrected chi connectivity index (χ1v) is 7.62. The first-order chi connectivity index (χ1) is 9.66. The lowest BCUT2D eigenvalue weighted by Gasteiger charge is -2.05. The topological polar surface area (TPSA) is 58.9 Å². The zero-order valence-corrected chi connectivity index (χ0v) is 13.8. The Morgan fingerprint density at radius 3 is 2.60 bits per heavy atom. The van der Waals surface area contributed by atoms with Crippen LogP contribution in [0.2, 0.25) is 0 Å². The van der Waals surface area contributed by atoms with Crippen molar-refractivity contribution in [3.8, 4) is 22.8 Å². The number of halogens is 2. The first kappa shape index (κ1) is 13.6. The third kappa shape index (κ3) is 2.45. The van der Waals surface area contributed by atoms with Crippen molar-refractivity contribution in [1.82, 2.24) is 9.97 Å². The Bertz CT molecular complexity index is 812. The number of hydrogen-bond acceptors (Lipinski definition) is 3. The summed E-state index contributed by atoms with van der Waals surface area (Å²) >= 11 is 5.37. The average Bonchev–Trinajstić information content (AvgIpc) is 2.89. The monoisotopic (exact) mass is 442 g/mol. The zero-order chi connectivity index (χ0) is 14.1. The van der Waals surface area contributed by atoms with Crippen molar-refractivity contribution in [3.63, 3.8) is 0 Å². The van der Waals surface area contributed by atoms with E-state index in [1.165, 1.54) is 0 Å². The molecule has 20 heavy (non-hydrogen) atoms. The van der Waals surface area contributed by atoms with E-state index in [0.717, 1.165) is 10.0 Å². The molecule has 2 aromatic heterocycles. The largest absolute Gasteiger partial charge is 0.460 e. The quantitative estimate of drug-likeness (QED) is 0.608. The summed E-state index contributed by atoms with van der Waals surface area (Å²) in [5.74, 6) is 0.918. The van der Waals surface area contributed by atoms with Crippen LogP contribution in [0.5, 0.6) is 0 Å². The van der Waals surface area contributed by atoms with Gasteiger partial charge in [-0.1, -0.05) is 30.3 Å². The van der Waals surface area contributed by atoms with E-state index in [4.69, 9.17) is 4.42 Å². The maximum Gasteiger partial charge on any atom is 0.265 e. The number of hydrogen-bond donors (Lipinski definition) is 1. The zero-order valence-electron chi connectivity index (χ0n) is 10.1. The molecule has 0 atom stereocenters. The van der Waals surface area contributed by atoms with Crippen molar-refractivity contribution in [2.45, 2.75) is 0 Å². The van der Waals surface area contributed by atoms with Crippen LogP contribution in [0, 0.1) is 3.57 Å². The van der Waals surface area contributed by atoms with Crippen LogP contribution in [0.1, 0.15) is 0 Å². The van der Waals surface area contributed by atoms with Gasteiger partial charge in [-0.2, -0.15) is 0 Å². The molecule has 0 aliphatic rings. The summed E-state index contributed by atoms with van der Waals surface area (Å²) in [5, 5.41) is 0. The van der Waals surface area contributed by atoms with Crippen LogP contribution in [-0.2, 0) is 0 Å². The van der Waals surface area contributed by atoms with Gasteiger partial charge in [0.1, 0.15) is 3.57 Å². The van der Waals surface area contributed by atoms with Crippen molar-refractivity contribution in [2.75, 3.05) is 0 Å². The Balaban J connectivity index is 2.24. The molecule has 3 rings (SSSR count). The summed E-state index contributed by atoms with van der Waals surface area (Å²) in [4.78, 5) is 19.3. The van der Waals surface area contributed by atoms with Crippen LogP contribution in [0.25, 0.3) is 22.8 Å². The van der Waals surface area contributed by atoms with Crippen LogP contribution >= 0.6 is 38.5 Å². The smallest absolute Gasteiger partial charge is 0.265 e. The van der Waals surface area contributed by atoms with Gasteiger partial charge in [0.05, 0.1) is 16.4 Å². The molecule has 0 saturated heterocycles. The fraction of sp³-hybridized carbons (Fsp3) is 0. The van der Waals surface area contributed by atoms with Crippen LogP contribution in [-0.4, -0.2) is 9.97 Å². The van der Waals surface area contributed by atoms with Crippen molar-refractivity contribution in [3.05, 3.63) is 61.1 Å². The fourth-order valence-electron chi connectivity index (χ4n) is 1.82. The summed E-state index contributed by atoms with van der Waals surface area (Å²) < 4.78 is 6.66. The summed E-state index contributed by atoms with van der Waals surface area (Å²) in [5.41, 5.74) is 1.36. The van der Waals surface area contributed by atoms with Gasteiger partial charge in [0, 0.05) is 5.56 Å². The van der Waals surface area contributed by atoms with E-state index in [-0.39, 0.29) is 5.56 Å². The SMILES string of the molecule is O=c1[nH]c(-c2occc2Br)nc(-c2ccccc2)c1I. The van der Waals surface area contributed by atoms with E-state index >= 15 is 0 Å². The van der Waals surface area contributed by atoms with E-state index < -0.39 is 0 Å². The van der Waals surface area contributed by atoms with Crippen molar-refractivity contribution in [2.24, 2.45) is 0 Å². The number of furan rings is 1. The second kappa shape index (κ2) is 5.53. The predicted octanol–water partition coefficient (Wildman–Crippen LogP) is 4.06.